The van der Waals surface area contributed by atoms with E-state index < -0.39 is 45.6 Å². The molecule has 3 heterocycles. The van der Waals surface area contributed by atoms with Crippen LogP contribution in [0.3, 0.4) is 0 Å². The van der Waals surface area contributed by atoms with Crippen molar-refractivity contribution in [2.24, 2.45) is 12.8 Å². The second kappa shape index (κ2) is 12.8. The van der Waals surface area contributed by atoms with Gasteiger partial charge in [-0.15, -0.1) is 0 Å². The van der Waals surface area contributed by atoms with E-state index in [1.807, 2.05) is 0 Å². The Morgan fingerprint density at radius 1 is 1.23 bits per heavy atom. The third kappa shape index (κ3) is 6.94. The van der Waals surface area contributed by atoms with Gasteiger partial charge in [-0.3, -0.25) is 9.48 Å². The first-order chi connectivity index (χ1) is 20.7. The highest BCUT2D eigenvalue weighted by Crippen LogP contribution is 2.35. The van der Waals surface area contributed by atoms with E-state index >= 15 is 4.39 Å². The van der Waals surface area contributed by atoms with Crippen LogP contribution in [-0.2, 0) is 34.5 Å². The number of alkyl halides is 3. The molecule has 9 nitrogen and oxygen atoms in total. The van der Waals surface area contributed by atoms with Gasteiger partial charge in [-0.05, 0) is 61.6 Å². The summed E-state index contributed by atoms with van der Waals surface area (Å²) in [7, 11) is -2.12. The third-order valence-corrected chi connectivity index (χ3v) is 10.5. The van der Waals surface area contributed by atoms with Gasteiger partial charge >= 0.3 is 6.18 Å². The maximum atomic E-state index is 15.2. The molecule has 238 valence electrons. The maximum Gasteiger partial charge on any atom is 0.435 e. The smallest absolute Gasteiger partial charge is 0.324 e. The number of nitrogens with two attached hydrogens (primary N) is 1. The minimum atomic E-state index is -4.72. The molecule has 1 amide bonds. The van der Waals surface area contributed by atoms with Crippen molar-refractivity contribution in [3.05, 3.63) is 81.9 Å². The van der Waals surface area contributed by atoms with E-state index in [0.717, 1.165) is 17.2 Å². The van der Waals surface area contributed by atoms with Crippen LogP contribution in [0.2, 0.25) is 5.02 Å². The van der Waals surface area contributed by atoms with Crippen LogP contribution in [-0.4, -0.2) is 65.4 Å². The lowest BCUT2D eigenvalue weighted by atomic mass is 9.88. The van der Waals surface area contributed by atoms with E-state index in [9.17, 15) is 26.4 Å². The van der Waals surface area contributed by atoms with Gasteiger partial charge in [-0.25, -0.2) is 12.8 Å². The van der Waals surface area contributed by atoms with Gasteiger partial charge < -0.3 is 16.4 Å². The number of rotatable bonds is 8. The Balaban J connectivity index is 1.39. The van der Waals surface area contributed by atoms with Gasteiger partial charge in [-0.1, -0.05) is 29.8 Å². The van der Waals surface area contributed by atoms with Gasteiger partial charge in [0.2, 0.25) is 15.9 Å². The second-order valence-corrected chi connectivity index (χ2v) is 13.7. The van der Waals surface area contributed by atoms with Crippen LogP contribution in [0.1, 0.15) is 47.7 Å². The fraction of sp³-hybridized carbons (Fsp3) is 0.448. The number of sulfonamides is 1. The van der Waals surface area contributed by atoms with Crippen LogP contribution < -0.4 is 16.4 Å². The molecule has 44 heavy (non-hydrogen) atoms. The lowest BCUT2D eigenvalue weighted by Crippen LogP contribution is -2.57. The first kappa shape index (κ1) is 32.4. The number of nitrogens with one attached hydrogen (secondary N) is 2. The molecule has 3 aromatic rings. The summed E-state index contributed by atoms with van der Waals surface area (Å²) in [5.74, 6) is -2.35. The summed E-state index contributed by atoms with van der Waals surface area (Å²) in [5.41, 5.74) is 6.08. The topological polar surface area (TPSA) is 122 Å². The molecule has 2 fully saturated rings. The first-order valence-electron chi connectivity index (χ1n) is 14.2. The molecular weight excluding hydrogens is 624 g/mol. The van der Waals surface area contributed by atoms with Crippen molar-refractivity contribution < 1.29 is 30.8 Å². The number of fused-ring (bicyclic) bond motifs is 2. The van der Waals surface area contributed by atoms with Crippen LogP contribution >= 0.6 is 11.6 Å². The number of aryl methyl sites for hydroxylation is 1. The molecule has 4 N–H and O–H groups in total. The summed E-state index contributed by atoms with van der Waals surface area (Å²) in [5, 5.41) is 10.0. The SMILES string of the molecule is Cn1nc(C(F)(F)F)cc1[C@H](c1ccc(Cl)cc1)[C@H](N)C(=O)Nc1cccc(F)c1CC[C@H]1CN[C@@H]2CCCS(=O)(=O)N1C2. The van der Waals surface area contributed by atoms with Crippen LogP contribution in [0, 0.1) is 5.82 Å². The average molecular weight is 657 g/mol. The number of hydrogen-bond acceptors (Lipinski definition) is 6. The van der Waals surface area contributed by atoms with Crippen molar-refractivity contribution in [2.75, 3.05) is 24.2 Å². The summed E-state index contributed by atoms with van der Waals surface area (Å²) in [6, 6.07) is 9.48. The van der Waals surface area contributed by atoms with Crippen LogP contribution in [0.15, 0.2) is 48.5 Å². The normalized spacial score (nSPS) is 23.0. The molecular formula is C29H33ClF4N6O3S. The van der Waals surface area contributed by atoms with Crippen molar-refractivity contribution in [3.8, 4) is 0 Å². The fourth-order valence-electron chi connectivity index (χ4n) is 6.00. The third-order valence-electron chi connectivity index (χ3n) is 8.28. The quantitative estimate of drug-likeness (QED) is 0.315. The zero-order chi connectivity index (χ0) is 31.8. The van der Waals surface area contributed by atoms with E-state index in [0.29, 0.717) is 36.5 Å². The molecule has 5 rings (SSSR count). The zero-order valence-corrected chi connectivity index (χ0v) is 25.4. The van der Waals surface area contributed by atoms with E-state index in [2.05, 4.69) is 15.7 Å². The Morgan fingerprint density at radius 3 is 2.64 bits per heavy atom. The number of benzene rings is 2. The standard InChI is InChI=1S/C29H33ClF4N6O3S/c1-39-24(14-25(38-39)29(32,33)34)26(17-7-9-18(30)10-8-17)27(35)28(41)37-23-6-2-5-22(31)21(23)12-11-20-15-36-19-4-3-13-44(42,43)40(20)16-19/h2,5-10,14,19-20,26-27,36H,3-4,11-13,15-16,35H2,1H3,(H,37,41)/t19-,20+,26+,27+/m1/s1. The molecule has 2 bridgehead atoms. The molecule has 2 aromatic carbocycles. The maximum absolute atomic E-state index is 15.2. The van der Waals surface area contributed by atoms with E-state index in [-0.39, 0.29) is 41.2 Å². The average Bonchev–Trinajstić information content (AvgIpc) is 3.30. The Morgan fingerprint density at radius 2 is 1.95 bits per heavy atom. The van der Waals surface area contributed by atoms with Gasteiger partial charge in [0, 0.05) is 54.2 Å². The molecule has 1 aromatic heterocycles. The number of halogens is 5. The summed E-state index contributed by atoms with van der Waals surface area (Å²) in [6.45, 7) is 0.789. The lowest BCUT2D eigenvalue weighted by molar-refractivity contribution is -0.141. The summed E-state index contributed by atoms with van der Waals surface area (Å²) in [4.78, 5) is 13.6. The number of aromatic nitrogens is 2. The number of piperazine rings is 1. The summed E-state index contributed by atoms with van der Waals surface area (Å²) < 4.78 is 83.9. The van der Waals surface area contributed by atoms with Crippen molar-refractivity contribution in [1.82, 2.24) is 19.4 Å². The molecule has 0 radical (unpaired) electrons. The number of hydrogen-bond donors (Lipinski definition) is 3. The summed E-state index contributed by atoms with van der Waals surface area (Å²) in [6.07, 6.45) is -2.96. The number of carbonyl (C=O) groups excluding carboxylic acids is 1. The Kier molecular flexibility index (Phi) is 9.38. The van der Waals surface area contributed by atoms with Gasteiger partial charge in [0.25, 0.3) is 0 Å². The molecule has 5 atom stereocenters. The predicted octanol–water partition coefficient (Wildman–Crippen LogP) is 4.03. The van der Waals surface area contributed by atoms with Crippen molar-refractivity contribution in [3.63, 3.8) is 0 Å². The first-order valence-corrected chi connectivity index (χ1v) is 16.2. The van der Waals surface area contributed by atoms with E-state index in [1.165, 1.54) is 41.7 Å². The van der Waals surface area contributed by atoms with Crippen LogP contribution in [0.5, 0.6) is 0 Å². The van der Waals surface area contributed by atoms with E-state index in [1.54, 1.807) is 12.1 Å². The van der Waals surface area contributed by atoms with Crippen molar-refractivity contribution in [1.29, 1.82) is 0 Å². The Bertz CT molecular complexity index is 1620. The molecule has 2 aliphatic heterocycles. The van der Waals surface area contributed by atoms with Gasteiger partial charge in [0.05, 0.1) is 17.7 Å². The Labute approximate surface area is 257 Å². The highest BCUT2D eigenvalue weighted by Gasteiger charge is 2.39. The monoisotopic (exact) mass is 656 g/mol. The molecule has 2 aliphatic rings. The number of nitrogens with zero attached hydrogens (tertiary/aromatic N) is 3. The van der Waals surface area contributed by atoms with Crippen LogP contribution in [0.25, 0.3) is 0 Å². The van der Waals surface area contributed by atoms with Gasteiger partial charge in [-0.2, -0.15) is 22.6 Å². The largest absolute Gasteiger partial charge is 0.435 e. The summed E-state index contributed by atoms with van der Waals surface area (Å²) >= 11 is 6.02. The molecule has 15 heteroatoms. The molecule has 0 saturated carbocycles. The second-order valence-electron chi connectivity index (χ2n) is 11.2. The highest BCUT2D eigenvalue weighted by molar-refractivity contribution is 7.89. The minimum Gasteiger partial charge on any atom is -0.324 e. The van der Waals surface area contributed by atoms with Crippen molar-refractivity contribution in [2.45, 2.75) is 55.9 Å². The van der Waals surface area contributed by atoms with Crippen molar-refractivity contribution >= 4 is 33.2 Å². The number of carbonyl (C=O) groups is 1. The number of amides is 1. The predicted molar refractivity (Wildman–Crippen MR) is 158 cm³/mol. The zero-order valence-electron chi connectivity index (χ0n) is 23.8. The molecule has 0 aliphatic carbocycles. The minimum absolute atomic E-state index is 0.0449. The Hall–Kier alpha value is -3.04. The van der Waals surface area contributed by atoms with E-state index in [4.69, 9.17) is 17.3 Å². The van der Waals surface area contributed by atoms with Gasteiger partial charge in [0.15, 0.2) is 5.69 Å². The molecule has 1 unspecified atom stereocenters. The molecule has 2 saturated heterocycles. The highest BCUT2D eigenvalue weighted by atomic mass is 35.5. The fourth-order valence-corrected chi connectivity index (χ4v) is 7.93. The number of anilines is 1. The molecule has 0 spiro atoms. The van der Waals surface area contributed by atoms with Gasteiger partial charge in [0.1, 0.15) is 5.82 Å². The van der Waals surface area contributed by atoms with Crippen LogP contribution in [0.4, 0.5) is 23.2 Å². The lowest BCUT2D eigenvalue weighted by Gasteiger charge is -2.37.